The van der Waals surface area contributed by atoms with Gasteiger partial charge < -0.3 is 10.4 Å². The van der Waals surface area contributed by atoms with Crippen LogP contribution in [0.5, 0.6) is 0 Å². The van der Waals surface area contributed by atoms with E-state index in [9.17, 15) is 9.59 Å². The summed E-state index contributed by atoms with van der Waals surface area (Å²) in [5.41, 5.74) is 1.87. The molecule has 3 N–H and O–H groups in total. The van der Waals surface area contributed by atoms with Crippen LogP contribution in [0, 0.1) is 0 Å². The van der Waals surface area contributed by atoms with E-state index < -0.39 is 5.97 Å². The number of carboxylic acid groups (broad SMARTS) is 1. The minimum atomic E-state index is -0.981. The molecule has 0 saturated heterocycles. The zero-order chi connectivity index (χ0) is 12.7. The Labute approximate surface area is 99.8 Å². The highest BCUT2D eigenvalue weighted by Gasteiger charge is 2.03. The highest BCUT2D eigenvalue weighted by Crippen LogP contribution is 2.10. The molecule has 0 unspecified atom stereocenters. The molecule has 0 aromatic heterocycles. The van der Waals surface area contributed by atoms with Crippen molar-refractivity contribution in [2.24, 2.45) is 0 Å². The first kappa shape index (κ1) is 13.2. The zero-order valence-corrected chi connectivity index (χ0v) is 9.69. The Morgan fingerprint density at radius 3 is 2.71 bits per heavy atom. The van der Waals surface area contributed by atoms with Gasteiger partial charge in [0, 0.05) is 5.69 Å². The number of amides is 1. The summed E-state index contributed by atoms with van der Waals surface area (Å²) in [6, 6.07) is 7.56. The molecule has 0 spiro atoms. The summed E-state index contributed by atoms with van der Waals surface area (Å²) in [6.45, 7) is 1.81. The standard InChI is InChI=1S/C12H16N2O3/c1-2-9-4-3-5-10(6-9)14-11(15)7-13-8-12(16)17/h3-6,13H,2,7-8H2,1H3,(H,14,15)(H,16,17). The fourth-order valence-electron chi connectivity index (χ4n) is 1.36. The molecule has 1 rings (SSSR count). The van der Waals surface area contributed by atoms with Crippen LogP contribution in [0.2, 0.25) is 0 Å². The normalized spacial score (nSPS) is 9.94. The molecule has 0 aliphatic rings. The molecule has 0 radical (unpaired) electrons. The molecule has 0 heterocycles. The van der Waals surface area contributed by atoms with Crippen LogP contribution in [0.15, 0.2) is 24.3 Å². The summed E-state index contributed by atoms with van der Waals surface area (Å²) < 4.78 is 0. The van der Waals surface area contributed by atoms with E-state index in [0.717, 1.165) is 17.7 Å². The van der Waals surface area contributed by atoms with Crippen molar-refractivity contribution in [2.45, 2.75) is 13.3 Å². The van der Waals surface area contributed by atoms with Gasteiger partial charge in [0.15, 0.2) is 0 Å². The predicted molar refractivity (Wildman–Crippen MR) is 65.0 cm³/mol. The summed E-state index contributed by atoms with van der Waals surface area (Å²) in [4.78, 5) is 21.7. The number of benzene rings is 1. The minimum absolute atomic E-state index is 0.0113. The second-order valence-corrected chi connectivity index (χ2v) is 3.60. The van der Waals surface area contributed by atoms with Crippen LogP contribution >= 0.6 is 0 Å². The Balaban J connectivity index is 2.42. The van der Waals surface area contributed by atoms with Crippen molar-refractivity contribution in [1.82, 2.24) is 5.32 Å². The fourth-order valence-corrected chi connectivity index (χ4v) is 1.36. The van der Waals surface area contributed by atoms with Crippen LogP contribution in [0.4, 0.5) is 5.69 Å². The van der Waals surface area contributed by atoms with E-state index in [1.807, 2.05) is 25.1 Å². The molecular weight excluding hydrogens is 220 g/mol. The first-order valence-electron chi connectivity index (χ1n) is 5.43. The van der Waals surface area contributed by atoms with E-state index in [1.165, 1.54) is 0 Å². The summed E-state index contributed by atoms with van der Waals surface area (Å²) in [5.74, 6) is -1.23. The van der Waals surface area contributed by atoms with Crippen molar-refractivity contribution >= 4 is 17.6 Å². The number of aliphatic carboxylic acids is 1. The first-order valence-corrected chi connectivity index (χ1v) is 5.43. The number of aryl methyl sites for hydroxylation is 1. The Morgan fingerprint density at radius 2 is 2.06 bits per heavy atom. The number of anilines is 1. The van der Waals surface area contributed by atoms with Crippen molar-refractivity contribution in [3.63, 3.8) is 0 Å². The largest absolute Gasteiger partial charge is 0.480 e. The van der Waals surface area contributed by atoms with Gasteiger partial charge in [0.25, 0.3) is 0 Å². The second-order valence-electron chi connectivity index (χ2n) is 3.60. The average Bonchev–Trinajstić information content (AvgIpc) is 2.28. The molecule has 1 aromatic rings. The third-order valence-electron chi connectivity index (χ3n) is 2.18. The maximum atomic E-state index is 11.4. The van der Waals surface area contributed by atoms with Crippen LogP contribution in [0.25, 0.3) is 0 Å². The maximum absolute atomic E-state index is 11.4. The van der Waals surface area contributed by atoms with Gasteiger partial charge >= 0.3 is 5.97 Å². The van der Waals surface area contributed by atoms with Crippen LogP contribution in [-0.4, -0.2) is 30.1 Å². The SMILES string of the molecule is CCc1cccc(NC(=O)CNCC(=O)O)c1. The van der Waals surface area contributed by atoms with E-state index in [-0.39, 0.29) is 19.0 Å². The van der Waals surface area contributed by atoms with Crippen molar-refractivity contribution in [1.29, 1.82) is 0 Å². The van der Waals surface area contributed by atoms with Crippen molar-refractivity contribution in [3.05, 3.63) is 29.8 Å². The van der Waals surface area contributed by atoms with E-state index in [1.54, 1.807) is 6.07 Å². The van der Waals surface area contributed by atoms with Crippen LogP contribution in [0.1, 0.15) is 12.5 Å². The molecule has 0 saturated carbocycles. The van der Waals surface area contributed by atoms with Crippen molar-refractivity contribution in [3.8, 4) is 0 Å². The van der Waals surface area contributed by atoms with Crippen LogP contribution in [0.3, 0.4) is 0 Å². The molecule has 1 aromatic carbocycles. The van der Waals surface area contributed by atoms with Crippen molar-refractivity contribution in [2.75, 3.05) is 18.4 Å². The van der Waals surface area contributed by atoms with Gasteiger partial charge in [-0.1, -0.05) is 19.1 Å². The number of nitrogens with one attached hydrogen (secondary N) is 2. The number of carboxylic acids is 1. The Bertz CT molecular complexity index is 404. The molecular formula is C12H16N2O3. The lowest BCUT2D eigenvalue weighted by Gasteiger charge is -2.06. The fraction of sp³-hybridized carbons (Fsp3) is 0.333. The number of hydrogen-bond donors (Lipinski definition) is 3. The molecule has 5 heteroatoms. The van der Waals surface area contributed by atoms with Gasteiger partial charge in [-0.3, -0.25) is 14.9 Å². The molecule has 17 heavy (non-hydrogen) atoms. The quantitative estimate of drug-likeness (QED) is 0.684. The molecule has 0 bridgehead atoms. The lowest BCUT2D eigenvalue weighted by molar-refractivity contribution is -0.135. The Morgan fingerprint density at radius 1 is 1.29 bits per heavy atom. The lowest BCUT2D eigenvalue weighted by atomic mass is 10.1. The summed E-state index contributed by atoms with van der Waals surface area (Å²) in [5, 5.41) is 13.6. The van der Waals surface area contributed by atoms with E-state index >= 15 is 0 Å². The molecule has 92 valence electrons. The minimum Gasteiger partial charge on any atom is -0.480 e. The predicted octanol–water partition coefficient (Wildman–Crippen LogP) is 0.862. The zero-order valence-electron chi connectivity index (χ0n) is 9.69. The average molecular weight is 236 g/mol. The van der Waals surface area contributed by atoms with Gasteiger partial charge in [0.2, 0.25) is 5.91 Å². The molecule has 1 amide bonds. The highest BCUT2D eigenvalue weighted by molar-refractivity contribution is 5.92. The van der Waals surface area contributed by atoms with Crippen molar-refractivity contribution < 1.29 is 14.7 Å². The number of rotatable bonds is 6. The van der Waals surface area contributed by atoms with Gasteiger partial charge in [0.05, 0.1) is 13.1 Å². The van der Waals surface area contributed by atoms with Gasteiger partial charge in [-0.25, -0.2) is 0 Å². The third-order valence-corrected chi connectivity index (χ3v) is 2.18. The Hall–Kier alpha value is -1.88. The van der Waals surface area contributed by atoms with E-state index in [2.05, 4.69) is 10.6 Å². The van der Waals surface area contributed by atoms with Gasteiger partial charge in [-0.15, -0.1) is 0 Å². The van der Waals surface area contributed by atoms with Gasteiger partial charge in [-0.2, -0.15) is 0 Å². The number of carbonyl (C=O) groups excluding carboxylic acids is 1. The summed E-state index contributed by atoms with van der Waals surface area (Å²) in [7, 11) is 0. The summed E-state index contributed by atoms with van der Waals surface area (Å²) >= 11 is 0. The maximum Gasteiger partial charge on any atom is 0.317 e. The van der Waals surface area contributed by atoms with E-state index in [4.69, 9.17) is 5.11 Å². The topological polar surface area (TPSA) is 78.4 Å². The molecule has 0 aliphatic carbocycles. The lowest BCUT2D eigenvalue weighted by Crippen LogP contribution is -2.31. The number of hydrogen-bond acceptors (Lipinski definition) is 3. The summed E-state index contributed by atoms with van der Waals surface area (Å²) in [6.07, 6.45) is 0.904. The molecule has 0 fully saturated rings. The van der Waals surface area contributed by atoms with Gasteiger partial charge in [0.1, 0.15) is 0 Å². The smallest absolute Gasteiger partial charge is 0.317 e. The third kappa shape index (κ3) is 5.12. The Kier molecular flexibility index (Phi) is 5.16. The molecule has 0 atom stereocenters. The van der Waals surface area contributed by atoms with Crippen LogP contribution in [-0.2, 0) is 16.0 Å². The van der Waals surface area contributed by atoms with Gasteiger partial charge in [-0.05, 0) is 24.1 Å². The monoisotopic (exact) mass is 236 g/mol. The highest BCUT2D eigenvalue weighted by atomic mass is 16.4. The first-order chi connectivity index (χ1) is 8.11. The number of carbonyl (C=O) groups is 2. The molecule has 0 aliphatic heterocycles. The molecule has 5 nitrogen and oxygen atoms in total. The van der Waals surface area contributed by atoms with Crippen LogP contribution < -0.4 is 10.6 Å². The van der Waals surface area contributed by atoms with E-state index in [0.29, 0.717) is 0 Å². The second kappa shape index (κ2) is 6.65.